The van der Waals surface area contributed by atoms with Crippen molar-refractivity contribution in [3.05, 3.63) is 42.0 Å². The molecule has 0 spiro atoms. The summed E-state index contributed by atoms with van der Waals surface area (Å²) in [5, 5.41) is 0. The smallest absolute Gasteiger partial charge is 0.421 e. The fraction of sp³-hybridized carbons (Fsp3) is 0.154. The van der Waals surface area contributed by atoms with Gasteiger partial charge in [-0.1, -0.05) is 23.6 Å². The Hall–Kier alpha value is -2.26. The number of terminal acetylenes is 1. The van der Waals surface area contributed by atoms with E-state index in [1.54, 1.807) is 16.9 Å². The summed E-state index contributed by atoms with van der Waals surface area (Å²) in [5.41, 5.74) is 0.918. The van der Waals surface area contributed by atoms with Gasteiger partial charge in [0, 0.05) is 0 Å². The molecule has 0 bridgehead atoms. The normalized spacial score (nSPS) is 10.9. The molecular formula is C13H13NO4S. The number of allylic oxidation sites excluding steroid dienone is 1. The van der Waals surface area contributed by atoms with Gasteiger partial charge in [-0.3, -0.25) is 0 Å². The number of sulfonamides is 1. The quantitative estimate of drug-likeness (QED) is 0.850. The fourth-order valence-corrected chi connectivity index (χ4v) is 2.05. The zero-order valence-corrected chi connectivity index (χ0v) is 11.1. The lowest BCUT2D eigenvalue weighted by atomic mass is 10.2. The van der Waals surface area contributed by atoms with Gasteiger partial charge in [0.1, 0.15) is 6.61 Å². The van der Waals surface area contributed by atoms with E-state index in [4.69, 9.17) is 6.42 Å². The van der Waals surface area contributed by atoms with E-state index in [0.717, 1.165) is 5.56 Å². The van der Waals surface area contributed by atoms with Gasteiger partial charge < -0.3 is 4.74 Å². The summed E-state index contributed by atoms with van der Waals surface area (Å²) < 4.78 is 30.0. The van der Waals surface area contributed by atoms with Crippen molar-refractivity contribution in [3.8, 4) is 12.3 Å². The third-order valence-electron chi connectivity index (χ3n) is 2.07. The molecule has 1 amide bonds. The molecule has 19 heavy (non-hydrogen) atoms. The van der Waals surface area contributed by atoms with Crippen molar-refractivity contribution in [3.63, 3.8) is 0 Å². The Kier molecular flexibility index (Phi) is 5.15. The lowest BCUT2D eigenvalue weighted by molar-refractivity contribution is 0.165. The third-order valence-corrected chi connectivity index (χ3v) is 3.40. The predicted molar refractivity (Wildman–Crippen MR) is 70.8 cm³/mol. The number of hydrogen-bond donors (Lipinski definition) is 1. The summed E-state index contributed by atoms with van der Waals surface area (Å²) >= 11 is 0. The maximum atomic E-state index is 11.8. The molecule has 1 aromatic carbocycles. The fourth-order valence-electron chi connectivity index (χ4n) is 1.16. The van der Waals surface area contributed by atoms with Crippen molar-refractivity contribution in [2.75, 3.05) is 6.61 Å². The topological polar surface area (TPSA) is 72.5 Å². The van der Waals surface area contributed by atoms with Gasteiger partial charge in [-0.05, 0) is 31.2 Å². The number of amides is 1. The Morgan fingerprint density at radius 2 is 2.05 bits per heavy atom. The molecule has 0 aliphatic rings. The second kappa shape index (κ2) is 6.61. The molecule has 0 aromatic heterocycles. The van der Waals surface area contributed by atoms with Gasteiger partial charge in [-0.15, -0.1) is 6.42 Å². The van der Waals surface area contributed by atoms with Crippen LogP contribution in [-0.2, 0) is 14.8 Å². The average molecular weight is 279 g/mol. The number of ether oxygens (including phenoxy) is 1. The summed E-state index contributed by atoms with van der Waals surface area (Å²) in [4.78, 5) is 11.3. The Bertz CT molecular complexity index is 609. The van der Waals surface area contributed by atoms with Gasteiger partial charge in [-0.2, -0.15) is 0 Å². The van der Waals surface area contributed by atoms with Crippen molar-refractivity contribution in [1.29, 1.82) is 0 Å². The molecule has 1 aromatic rings. The molecule has 0 unspecified atom stereocenters. The summed E-state index contributed by atoms with van der Waals surface area (Å²) in [7, 11) is -3.91. The standard InChI is InChI=1S/C13H13NO4S/c1-3-4-5-10-18-13(15)14-19(16,17)12-8-6-11(2)7-9-12/h1,4-9H,10H2,2H3,(H,14,15)/b5-4+. The van der Waals surface area contributed by atoms with Gasteiger partial charge in [0.05, 0.1) is 4.90 Å². The van der Waals surface area contributed by atoms with E-state index in [0.29, 0.717) is 0 Å². The zero-order valence-electron chi connectivity index (χ0n) is 10.3. The maximum Gasteiger partial charge on any atom is 0.421 e. The number of nitrogens with one attached hydrogen (secondary N) is 1. The van der Waals surface area contributed by atoms with Crippen LogP contribution in [0.2, 0.25) is 0 Å². The predicted octanol–water partition coefficient (Wildman–Crippen LogP) is 1.60. The Balaban J connectivity index is 2.65. The van der Waals surface area contributed by atoms with Crippen molar-refractivity contribution >= 4 is 16.1 Å². The van der Waals surface area contributed by atoms with Gasteiger partial charge >= 0.3 is 6.09 Å². The van der Waals surface area contributed by atoms with E-state index >= 15 is 0 Å². The SMILES string of the molecule is C#C/C=C/COC(=O)NS(=O)(=O)c1ccc(C)cc1. The number of carbonyl (C=O) groups excluding carboxylic acids is 1. The summed E-state index contributed by atoms with van der Waals surface area (Å²) in [5.74, 6) is 2.21. The van der Waals surface area contributed by atoms with Crippen LogP contribution in [0, 0.1) is 19.3 Å². The van der Waals surface area contributed by atoms with E-state index in [9.17, 15) is 13.2 Å². The highest BCUT2D eigenvalue weighted by Crippen LogP contribution is 2.09. The number of rotatable bonds is 4. The summed E-state index contributed by atoms with van der Waals surface area (Å²) in [6.45, 7) is 1.73. The maximum absolute atomic E-state index is 11.8. The van der Waals surface area contributed by atoms with E-state index in [1.165, 1.54) is 24.3 Å². The van der Waals surface area contributed by atoms with E-state index < -0.39 is 16.1 Å². The van der Waals surface area contributed by atoms with Crippen LogP contribution >= 0.6 is 0 Å². The van der Waals surface area contributed by atoms with Crippen molar-refractivity contribution in [2.45, 2.75) is 11.8 Å². The van der Waals surface area contributed by atoms with Crippen molar-refractivity contribution in [1.82, 2.24) is 4.72 Å². The van der Waals surface area contributed by atoms with Crippen LogP contribution in [-0.4, -0.2) is 21.1 Å². The molecule has 1 N–H and O–H groups in total. The van der Waals surface area contributed by atoms with E-state index in [-0.39, 0.29) is 11.5 Å². The number of hydrogen-bond acceptors (Lipinski definition) is 4. The number of aryl methyl sites for hydroxylation is 1. The van der Waals surface area contributed by atoms with Crippen molar-refractivity contribution in [2.24, 2.45) is 0 Å². The van der Waals surface area contributed by atoms with Gasteiger partial charge in [-0.25, -0.2) is 17.9 Å². The first-order chi connectivity index (χ1) is 8.95. The van der Waals surface area contributed by atoms with Crippen LogP contribution in [0.15, 0.2) is 41.3 Å². The first-order valence-corrected chi connectivity index (χ1v) is 6.81. The molecule has 5 nitrogen and oxygen atoms in total. The van der Waals surface area contributed by atoms with Crippen LogP contribution < -0.4 is 4.72 Å². The largest absolute Gasteiger partial charge is 0.445 e. The monoisotopic (exact) mass is 279 g/mol. The van der Waals surface area contributed by atoms with Crippen LogP contribution in [0.4, 0.5) is 4.79 Å². The molecule has 0 aliphatic heterocycles. The molecule has 0 aliphatic carbocycles. The highest BCUT2D eigenvalue weighted by molar-refractivity contribution is 7.90. The van der Waals surface area contributed by atoms with E-state index in [2.05, 4.69) is 10.7 Å². The molecule has 0 saturated heterocycles. The minimum absolute atomic E-state index is 0.00535. The van der Waals surface area contributed by atoms with Crippen LogP contribution in [0.1, 0.15) is 5.56 Å². The summed E-state index contributed by atoms with van der Waals surface area (Å²) in [6.07, 6.45) is 6.66. The molecule has 0 heterocycles. The lowest BCUT2D eigenvalue weighted by Crippen LogP contribution is -2.31. The molecular weight excluding hydrogens is 266 g/mol. The van der Waals surface area contributed by atoms with Crippen LogP contribution in [0.25, 0.3) is 0 Å². The van der Waals surface area contributed by atoms with Gasteiger partial charge in [0.15, 0.2) is 0 Å². The summed E-state index contributed by atoms with van der Waals surface area (Å²) in [6, 6.07) is 6.08. The molecule has 0 radical (unpaired) electrons. The minimum Gasteiger partial charge on any atom is -0.445 e. The first kappa shape index (κ1) is 14.8. The number of carbonyl (C=O) groups is 1. The van der Waals surface area contributed by atoms with Crippen LogP contribution in [0.5, 0.6) is 0 Å². The Morgan fingerprint density at radius 3 is 2.63 bits per heavy atom. The lowest BCUT2D eigenvalue weighted by Gasteiger charge is -2.06. The van der Waals surface area contributed by atoms with Gasteiger partial charge in [0.25, 0.3) is 10.0 Å². The zero-order chi connectivity index (χ0) is 14.3. The third kappa shape index (κ3) is 4.85. The first-order valence-electron chi connectivity index (χ1n) is 5.33. The minimum atomic E-state index is -3.91. The average Bonchev–Trinajstić information content (AvgIpc) is 2.34. The molecule has 0 saturated carbocycles. The Labute approximate surface area is 112 Å². The second-order valence-electron chi connectivity index (χ2n) is 3.59. The van der Waals surface area contributed by atoms with Crippen molar-refractivity contribution < 1.29 is 17.9 Å². The van der Waals surface area contributed by atoms with Crippen LogP contribution in [0.3, 0.4) is 0 Å². The molecule has 6 heteroatoms. The molecule has 100 valence electrons. The Morgan fingerprint density at radius 1 is 1.42 bits per heavy atom. The highest BCUT2D eigenvalue weighted by Gasteiger charge is 2.17. The molecule has 1 rings (SSSR count). The van der Waals surface area contributed by atoms with E-state index in [1.807, 2.05) is 6.92 Å². The number of benzene rings is 1. The molecule has 0 fully saturated rings. The molecule has 0 atom stereocenters. The van der Waals surface area contributed by atoms with Gasteiger partial charge in [0.2, 0.25) is 0 Å². The second-order valence-corrected chi connectivity index (χ2v) is 5.27. The highest BCUT2D eigenvalue weighted by atomic mass is 32.2.